The first-order valence-electron chi connectivity index (χ1n) is 9.05. The number of fused-ring (bicyclic) bond motifs is 1. The van der Waals surface area contributed by atoms with Crippen LogP contribution in [-0.2, 0) is 4.79 Å². The van der Waals surface area contributed by atoms with Crippen LogP contribution in [0.25, 0.3) is 11.0 Å². The van der Waals surface area contributed by atoms with E-state index in [0.29, 0.717) is 19.4 Å². The summed E-state index contributed by atoms with van der Waals surface area (Å²) in [6.07, 6.45) is 1.10. The Morgan fingerprint density at radius 2 is 1.85 bits per heavy atom. The Bertz CT molecular complexity index is 810. The third kappa shape index (κ3) is 4.63. The van der Waals surface area contributed by atoms with Gasteiger partial charge < -0.3 is 15.0 Å². The number of hydrogen-bond acceptors (Lipinski definition) is 3. The third-order valence-electron chi connectivity index (χ3n) is 4.25. The maximum Gasteiger partial charge on any atom is 0.220 e. The summed E-state index contributed by atoms with van der Waals surface area (Å²) in [5, 5.41) is 3.10. The molecule has 1 aromatic heterocycles. The fourth-order valence-corrected chi connectivity index (χ4v) is 2.86. The van der Waals surface area contributed by atoms with Crippen LogP contribution in [0.5, 0.6) is 5.75 Å². The molecule has 2 N–H and O–H groups in total. The van der Waals surface area contributed by atoms with E-state index in [-0.39, 0.29) is 17.9 Å². The average molecular weight is 351 g/mol. The van der Waals surface area contributed by atoms with Crippen molar-refractivity contribution in [2.24, 2.45) is 5.92 Å². The molecule has 3 aromatic rings. The summed E-state index contributed by atoms with van der Waals surface area (Å²) in [5.74, 6) is 1.88. The molecule has 1 amide bonds. The highest BCUT2D eigenvalue weighted by atomic mass is 16.5. The van der Waals surface area contributed by atoms with Gasteiger partial charge in [-0.25, -0.2) is 4.98 Å². The number of ether oxygens (including phenoxy) is 1. The second kappa shape index (κ2) is 8.52. The Hall–Kier alpha value is -2.82. The number of aromatic nitrogens is 2. The molecule has 26 heavy (non-hydrogen) atoms. The second-order valence-corrected chi connectivity index (χ2v) is 6.69. The molecule has 0 spiro atoms. The van der Waals surface area contributed by atoms with Gasteiger partial charge in [0.25, 0.3) is 0 Å². The highest BCUT2D eigenvalue weighted by Gasteiger charge is 2.21. The van der Waals surface area contributed by atoms with Gasteiger partial charge in [-0.3, -0.25) is 4.79 Å². The lowest BCUT2D eigenvalue weighted by atomic mass is 10.0. The van der Waals surface area contributed by atoms with Crippen molar-refractivity contribution < 1.29 is 9.53 Å². The lowest BCUT2D eigenvalue weighted by Crippen LogP contribution is -2.32. The van der Waals surface area contributed by atoms with Gasteiger partial charge >= 0.3 is 0 Å². The van der Waals surface area contributed by atoms with E-state index in [1.54, 1.807) is 0 Å². The summed E-state index contributed by atoms with van der Waals surface area (Å²) in [4.78, 5) is 20.3. The van der Waals surface area contributed by atoms with Crippen LogP contribution in [0, 0.1) is 5.92 Å². The van der Waals surface area contributed by atoms with Crippen LogP contribution in [0.2, 0.25) is 0 Å². The number of imidazole rings is 1. The van der Waals surface area contributed by atoms with Gasteiger partial charge in [0.05, 0.1) is 23.7 Å². The average Bonchev–Trinajstić information content (AvgIpc) is 3.07. The highest BCUT2D eigenvalue weighted by molar-refractivity contribution is 5.77. The van der Waals surface area contributed by atoms with Crippen molar-refractivity contribution in [1.29, 1.82) is 0 Å². The lowest BCUT2D eigenvalue weighted by molar-refractivity contribution is -0.122. The maximum atomic E-state index is 12.3. The Kier molecular flexibility index (Phi) is 5.89. The van der Waals surface area contributed by atoms with Crippen molar-refractivity contribution in [2.45, 2.75) is 32.7 Å². The number of carbonyl (C=O) groups excluding carboxylic acids is 1. The zero-order chi connectivity index (χ0) is 18.4. The number of nitrogens with one attached hydrogen (secondary N) is 2. The number of H-pyrrole nitrogens is 1. The molecule has 0 saturated heterocycles. The van der Waals surface area contributed by atoms with Crippen molar-refractivity contribution in [2.75, 3.05) is 6.61 Å². The minimum atomic E-state index is -0.134. The first kappa shape index (κ1) is 18.0. The molecule has 1 heterocycles. The van der Waals surface area contributed by atoms with Crippen LogP contribution in [0.1, 0.15) is 38.6 Å². The quantitative estimate of drug-likeness (QED) is 0.597. The van der Waals surface area contributed by atoms with Crippen molar-refractivity contribution in [3.8, 4) is 5.75 Å². The molecule has 2 aromatic carbocycles. The number of amides is 1. The fraction of sp³-hybridized carbons (Fsp3) is 0.333. The van der Waals surface area contributed by atoms with Crippen LogP contribution in [0.15, 0.2) is 54.6 Å². The van der Waals surface area contributed by atoms with Crippen LogP contribution >= 0.6 is 0 Å². The molecule has 0 radical (unpaired) electrons. The third-order valence-corrected chi connectivity index (χ3v) is 4.25. The standard InChI is InChI=1S/C21H25N3O2/c1-15(2)20(21-22-17-11-6-7-12-18(17)23-21)24-19(25)13-8-14-26-16-9-4-3-5-10-16/h3-7,9-12,15,20H,8,13-14H2,1-2H3,(H,22,23)(H,24,25). The molecule has 0 aliphatic carbocycles. The lowest BCUT2D eigenvalue weighted by Gasteiger charge is -2.20. The Balaban J connectivity index is 1.53. The topological polar surface area (TPSA) is 67.0 Å². The molecule has 3 rings (SSSR count). The van der Waals surface area contributed by atoms with E-state index in [1.807, 2.05) is 54.6 Å². The van der Waals surface area contributed by atoms with Gasteiger partial charge in [0, 0.05) is 6.42 Å². The Morgan fingerprint density at radius 3 is 2.58 bits per heavy atom. The molecular formula is C21H25N3O2. The smallest absolute Gasteiger partial charge is 0.220 e. The molecule has 0 bridgehead atoms. The SMILES string of the molecule is CC(C)C(NC(=O)CCCOc1ccccc1)c1nc2ccccc2[nH]1. The Morgan fingerprint density at radius 1 is 1.12 bits per heavy atom. The number of para-hydroxylation sites is 3. The molecule has 0 saturated carbocycles. The molecular weight excluding hydrogens is 326 g/mol. The largest absolute Gasteiger partial charge is 0.494 e. The maximum absolute atomic E-state index is 12.3. The van der Waals surface area contributed by atoms with E-state index in [1.165, 1.54) is 0 Å². The number of benzene rings is 2. The first-order valence-corrected chi connectivity index (χ1v) is 9.05. The van der Waals surface area contributed by atoms with Crippen LogP contribution in [0.3, 0.4) is 0 Å². The predicted octanol–water partition coefficient (Wildman–Crippen LogP) is 4.24. The molecule has 1 unspecified atom stereocenters. The first-order chi connectivity index (χ1) is 12.6. The molecule has 0 aliphatic rings. The number of rotatable bonds is 8. The minimum Gasteiger partial charge on any atom is -0.494 e. The number of carbonyl (C=O) groups is 1. The fourth-order valence-electron chi connectivity index (χ4n) is 2.86. The minimum absolute atomic E-state index is 0.0146. The Labute approximate surface area is 153 Å². The number of nitrogens with zero attached hydrogens (tertiary/aromatic N) is 1. The predicted molar refractivity (Wildman–Crippen MR) is 103 cm³/mol. The monoisotopic (exact) mass is 351 g/mol. The summed E-state index contributed by atoms with van der Waals surface area (Å²) in [6.45, 7) is 4.68. The molecule has 136 valence electrons. The summed E-state index contributed by atoms with van der Waals surface area (Å²) < 4.78 is 5.63. The highest BCUT2D eigenvalue weighted by Crippen LogP contribution is 2.22. The van der Waals surface area contributed by atoms with Gasteiger partial charge in [-0.05, 0) is 36.6 Å². The van der Waals surface area contributed by atoms with E-state index in [9.17, 15) is 4.79 Å². The van der Waals surface area contributed by atoms with E-state index in [2.05, 4.69) is 29.1 Å². The van der Waals surface area contributed by atoms with Gasteiger partial charge in [-0.2, -0.15) is 0 Å². The van der Waals surface area contributed by atoms with E-state index < -0.39 is 0 Å². The van der Waals surface area contributed by atoms with Crippen LogP contribution in [-0.4, -0.2) is 22.5 Å². The van der Waals surface area contributed by atoms with Crippen molar-refractivity contribution in [3.63, 3.8) is 0 Å². The van der Waals surface area contributed by atoms with Crippen molar-refractivity contribution in [3.05, 3.63) is 60.4 Å². The zero-order valence-corrected chi connectivity index (χ0v) is 15.2. The van der Waals surface area contributed by atoms with E-state index >= 15 is 0 Å². The van der Waals surface area contributed by atoms with Crippen molar-refractivity contribution >= 4 is 16.9 Å². The van der Waals surface area contributed by atoms with Crippen molar-refractivity contribution in [1.82, 2.24) is 15.3 Å². The molecule has 5 heteroatoms. The van der Waals surface area contributed by atoms with Crippen LogP contribution < -0.4 is 10.1 Å². The molecule has 0 aliphatic heterocycles. The number of hydrogen-bond donors (Lipinski definition) is 2. The summed E-state index contributed by atoms with van der Waals surface area (Å²) in [6, 6.07) is 17.4. The molecule has 0 fully saturated rings. The number of aromatic amines is 1. The summed E-state index contributed by atoms with van der Waals surface area (Å²) in [5.41, 5.74) is 1.90. The van der Waals surface area contributed by atoms with Gasteiger partial charge in [0.2, 0.25) is 5.91 Å². The van der Waals surface area contributed by atoms with E-state index in [0.717, 1.165) is 22.6 Å². The molecule has 1 atom stereocenters. The van der Waals surface area contributed by atoms with Gasteiger partial charge in [-0.1, -0.05) is 44.2 Å². The van der Waals surface area contributed by atoms with Gasteiger partial charge in [-0.15, -0.1) is 0 Å². The summed E-state index contributed by atoms with van der Waals surface area (Å²) >= 11 is 0. The van der Waals surface area contributed by atoms with Crippen LogP contribution in [0.4, 0.5) is 0 Å². The van der Waals surface area contributed by atoms with E-state index in [4.69, 9.17) is 4.74 Å². The summed E-state index contributed by atoms with van der Waals surface area (Å²) in [7, 11) is 0. The van der Waals surface area contributed by atoms with Gasteiger partial charge in [0.1, 0.15) is 11.6 Å². The zero-order valence-electron chi connectivity index (χ0n) is 15.2. The second-order valence-electron chi connectivity index (χ2n) is 6.69. The van der Waals surface area contributed by atoms with Gasteiger partial charge in [0.15, 0.2) is 0 Å². The molecule has 5 nitrogen and oxygen atoms in total. The normalized spacial score (nSPS) is 12.3.